The summed E-state index contributed by atoms with van der Waals surface area (Å²) in [7, 11) is 1.43. The van der Waals surface area contributed by atoms with Crippen molar-refractivity contribution < 1.29 is 14.6 Å². The van der Waals surface area contributed by atoms with Gasteiger partial charge in [-0.1, -0.05) is 5.11 Å². The number of carboxylic acids is 1. The van der Waals surface area contributed by atoms with Crippen molar-refractivity contribution in [1.29, 1.82) is 0 Å². The molecule has 0 aliphatic carbocycles. The molecule has 80 valence electrons. The van der Waals surface area contributed by atoms with Crippen molar-refractivity contribution in [2.75, 3.05) is 26.8 Å². The second kappa shape index (κ2) is 6.20. The number of ether oxygens (including phenoxy) is 1. The van der Waals surface area contributed by atoms with Crippen molar-refractivity contribution in [1.82, 2.24) is 5.32 Å². The van der Waals surface area contributed by atoms with Gasteiger partial charge in [-0.25, -0.2) is 0 Å². The number of azide groups is 1. The molecule has 0 spiro atoms. The van der Waals surface area contributed by atoms with Gasteiger partial charge in [-0.15, -0.1) is 0 Å². The Kier molecular flexibility index (Phi) is 5.62. The highest BCUT2D eigenvalue weighted by atomic mass is 16.5. The van der Waals surface area contributed by atoms with Gasteiger partial charge in [0.2, 0.25) is 0 Å². The molecule has 0 aromatic heterocycles. The molecule has 0 amide bonds. The summed E-state index contributed by atoms with van der Waals surface area (Å²) in [6.07, 6.45) is 0. The van der Waals surface area contributed by atoms with Crippen molar-refractivity contribution in [2.45, 2.75) is 12.5 Å². The van der Waals surface area contributed by atoms with Crippen LogP contribution in [0, 0.1) is 0 Å². The first kappa shape index (κ1) is 12.7. The average Bonchev–Trinajstić information content (AvgIpc) is 2.13. The van der Waals surface area contributed by atoms with E-state index in [-0.39, 0.29) is 13.2 Å². The Balaban J connectivity index is 4.09. The third-order valence-electron chi connectivity index (χ3n) is 1.70. The number of rotatable bonds is 7. The van der Waals surface area contributed by atoms with Gasteiger partial charge in [0.05, 0.1) is 6.61 Å². The first-order chi connectivity index (χ1) is 6.56. The predicted octanol–water partition coefficient (Wildman–Crippen LogP) is 0.376. The molecule has 0 rings (SSSR count). The van der Waals surface area contributed by atoms with Crippen LogP contribution in [0.3, 0.4) is 0 Å². The van der Waals surface area contributed by atoms with Crippen LogP contribution in [0.4, 0.5) is 0 Å². The van der Waals surface area contributed by atoms with Crippen LogP contribution in [-0.2, 0) is 9.53 Å². The minimum absolute atomic E-state index is 0.0542. The third kappa shape index (κ3) is 4.08. The lowest BCUT2D eigenvalue weighted by atomic mass is 10.0. The molecule has 0 aromatic rings. The average molecular weight is 202 g/mol. The molecular formula is C7H14N4O3. The van der Waals surface area contributed by atoms with Crippen LogP contribution in [-0.4, -0.2) is 43.4 Å². The number of nitrogens with zero attached hydrogens (tertiary/aromatic N) is 3. The fourth-order valence-corrected chi connectivity index (χ4v) is 0.904. The van der Waals surface area contributed by atoms with E-state index >= 15 is 0 Å². The van der Waals surface area contributed by atoms with Crippen molar-refractivity contribution in [2.24, 2.45) is 5.11 Å². The maximum atomic E-state index is 10.8. The van der Waals surface area contributed by atoms with Gasteiger partial charge in [-0.3, -0.25) is 4.79 Å². The zero-order chi connectivity index (χ0) is 11.0. The third-order valence-corrected chi connectivity index (χ3v) is 1.70. The van der Waals surface area contributed by atoms with E-state index in [1.165, 1.54) is 14.0 Å². The highest BCUT2D eigenvalue weighted by molar-refractivity contribution is 5.78. The van der Waals surface area contributed by atoms with E-state index < -0.39 is 11.5 Å². The molecule has 0 fully saturated rings. The molecule has 0 saturated heterocycles. The molecule has 0 aromatic carbocycles. The Hall–Kier alpha value is -1.30. The zero-order valence-corrected chi connectivity index (χ0v) is 8.23. The lowest BCUT2D eigenvalue weighted by Gasteiger charge is -2.24. The first-order valence-corrected chi connectivity index (χ1v) is 4.05. The van der Waals surface area contributed by atoms with Crippen LogP contribution >= 0.6 is 0 Å². The van der Waals surface area contributed by atoms with Crippen LogP contribution in [0.5, 0.6) is 0 Å². The van der Waals surface area contributed by atoms with Crippen LogP contribution in [0.1, 0.15) is 6.92 Å². The number of carboxylic acid groups (broad SMARTS) is 1. The summed E-state index contributed by atoms with van der Waals surface area (Å²) in [5.74, 6) is -1.000. The van der Waals surface area contributed by atoms with Gasteiger partial charge in [0.1, 0.15) is 5.54 Å². The van der Waals surface area contributed by atoms with E-state index in [9.17, 15) is 4.79 Å². The smallest absolute Gasteiger partial charge is 0.326 e. The molecule has 1 atom stereocenters. The second-order valence-corrected chi connectivity index (χ2v) is 2.95. The van der Waals surface area contributed by atoms with Gasteiger partial charge < -0.3 is 15.2 Å². The van der Waals surface area contributed by atoms with Crippen molar-refractivity contribution >= 4 is 5.97 Å². The fourth-order valence-electron chi connectivity index (χ4n) is 0.904. The predicted molar refractivity (Wildman–Crippen MR) is 49.9 cm³/mol. The molecule has 0 aliphatic rings. The fraction of sp³-hybridized carbons (Fsp3) is 0.857. The minimum Gasteiger partial charge on any atom is -0.480 e. The lowest BCUT2D eigenvalue weighted by Crippen LogP contribution is -2.53. The highest BCUT2D eigenvalue weighted by Gasteiger charge is 2.32. The Bertz CT molecular complexity index is 239. The maximum absolute atomic E-state index is 10.8. The van der Waals surface area contributed by atoms with E-state index in [1.54, 1.807) is 0 Å². The van der Waals surface area contributed by atoms with E-state index in [4.69, 9.17) is 15.4 Å². The van der Waals surface area contributed by atoms with E-state index in [2.05, 4.69) is 15.3 Å². The van der Waals surface area contributed by atoms with Gasteiger partial charge in [0.25, 0.3) is 0 Å². The molecule has 0 saturated carbocycles. The summed E-state index contributed by atoms with van der Waals surface area (Å²) >= 11 is 0. The summed E-state index contributed by atoms with van der Waals surface area (Å²) in [6, 6.07) is 0. The molecule has 0 aliphatic heterocycles. The van der Waals surface area contributed by atoms with Gasteiger partial charge in [0.15, 0.2) is 0 Å². The van der Waals surface area contributed by atoms with Crippen molar-refractivity contribution in [3.8, 4) is 0 Å². The molecule has 14 heavy (non-hydrogen) atoms. The normalized spacial score (nSPS) is 14.1. The van der Waals surface area contributed by atoms with Gasteiger partial charge in [-0.2, -0.15) is 0 Å². The maximum Gasteiger partial charge on any atom is 0.326 e. The summed E-state index contributed by atoms with van der Waals surface area (Å²) in [4.78, 5) is 13.4. The van der Waals surface area contributed by atoms with E-state index in [0.717, 1.165) is 0 Å². The Morgan fingerprint density at radius 1 is 1.79 bits per heavy atom. The number of nitrogens with one attached hydrogen (secondary N) is 1. The van der Waals surface area contributed by atoms with Gasteiger partial charge >= 0.3 is 5.97 Å². The van der Waals surface area contributed by atoms with E-state index in [0.29, 0.717) is 6.54 Å². The molecular weight excluding hydrogens is 188 g/mol. The number of aliphatic carboxylic acids is 1. The second-order valence-electron chi connectivity index (χ2n) is 2.95. The summed E-state index contributed by atoms with van der Waals surface area (Å²) < 4.78 is 4.78. The minimum atomic E-state index is -1.14. The van der Waals surface area contributed by atoms with Crippen LogP contribution in [0.15, 0.2) is 5.11 Å². The Labute approximate surface area is 81.7 Å². The molecule has 7 heteroatoms. The Morgan fingerprint density at radius 2 is 2.43 bits per heavy atom. The number of hydrogen-bond acceptors (Lipinski definition) is 4. The SMILES string of the molecule is COCC(C)(NCCN=[N+]=[N-])C(=O)O. The largest absolute Gasteiger partial charge is 0.480 e. The highest BCUT2D eigenvalue weighted by Crippen LogP contribution is 2.03. The summed E-state index contributed by atoms with van der Waals surface area (Å²) in [5, 5.41) is 14.9. The van der Waals surface area contributed by atoms with Crippen LogP contribution in [0.2, 0.25) is 0 Å². The monoisotopic (exact) mass is 202 g/mol. The standard InChI is InChI=1S/C7H14N4O3/c1-7(5-14-2,6(12)13)9-3-4-10-11-8/h9H,3-5H2,1-2H3,(H,12,13). The molecule has 7 nitrogen and oxygen atoms in total. The topological polar surface area (TPSA) is 107 Å². The summed E-state index contributed by atoms with van der Waals surface area (Å²) in [6.45, 7) is 2.08. The zero-order valence-electron chi connectivity index (χ0n) is 8.23. The van der Waals surface area contributed by atoms with Gasteiger partial charge in [-0.05, 0) is 12.5 Å². The van der Waals surface area contributed by atoms with Crippen LogP contribution in [0.25, 0.3) is 10.4 Å². The molecule has 0 bridgehead atoms. The molecule has 2 N–H and O–H groups in total. The number of methoxy groups -OCH3 is 1. The summed E-state index contributed by atoms with van der Waals surface area (Å²) in [5.41, 5.74) is 6.86. The molecule has 0 radical (unpaired) electrons. The lowest BCUT2D eigenvalue weighted by molar-refractivity contribution is -0.146. The van der Waals surface area contributed by atoms with E-state index in [1.807, 2.05) is 0 Å². The van der Waals surface area contributed by atoms with Crippen molar-refractivity contribution in [3.05, 3.63) is 10.4 Å². The Morgan fingerprint density at radius 3 is 2.86 bits per heavy atom. The van der Waals surface area contributed by atoms with Gasteiger partial charge in [0, 0.05) is 25.1 Å². The van der Waals surface area contributed by atoms with Crippen molar-refractivity contribution in [3.63, 3.8) is 0 Å². The first-order valence-electron chi connectivity index (χ1n) is 4.05. The molecule has 0 heterocycles. The van der Waals surface area contributed by atoms with Crippen LogP contribution < -0.4 is 5.32 Å². The number of carbonyl (C=O) groups is 1. The molecule has 1 unspecified atom stereocenters. The number of hydrogen-bond donors (Lipinski definition) is 2. The quantitative estimate of drug-likeness (QED) is 0.269.